The standard InChI is InChI=1S/C39H68O10/c1-13-14-30(18-24(2)17-25(3)19-35(47-10)38(42)36(48-11)21-27(5)39(43)49-12)31(40)23-33(45-8)28(6)37(41)26(4)20-29-15-16-32(44-7)34(22-29)46-9/h13,18,20,25,27-30,32-38,41-42H,1,14-17,19,21-23H2,2-12H3/b24-18+,26-20+. The van der Waals surface area contributed by atoms with E-state index in [9.17, 15) is 19.8 Å². The van der Waals surface area contributed by atoms with E-state index in [1.165, 1.54) is 14.2 Å². The molecule has 12 atom stereocenters. The average Bonchev–Trinajstić information content (AvgIpc) is 3.09. The Balaban J connectivity index is 2.91. The van der Waals surface area contributed by atoms with Crippen LogP contribution in [-0.4, -0.2) is 107 Å². The van der Waals surface area contributed by atoms with Crippen LogP contribution in [0.25, 0.3) is 0 Å². The maximum atomic E-state index is 13.7. The third-order valence-corrected chi connectivity index (χ3v) is 10.3. The monoisotopic (exact) mass is 696 g/mol. The molecule has 10 heteroatoms. The van der Waals surface area contributed by atoms with Crippen LogP contribution in [0.3, 0.4) is 0 Å². The fourth-order valence-electron chi connectivity index (χ4n) is 7.27. The predicted molar refractivity (Wildman–Crippen MR) is 192 cm³/mol. The summed E-state index contributed by atoms with van der Waals surface area (Å²) in [5.74, 6) is -0.994. The van der Waals surface area contributed by atoms with Crippen LogP contribution in [0.15, 0.2) is 36.0 Å². The summed E-state index contributed by atoms with van der Waals surface area (Å²) < 4.78 is 33.0. The summed E-state index contributed by atoms with van der Waals surface area (Å²) in [5.41, 5.74) is 1.93. The largest absolute Gasteiger partial charge is 0.469 e. The molecule has 1 rings (SSSR count). The first-order chi connectivity index (χ1) is 23.2. The van der Waals surface area contributed by atoms with Gasteiger partial charge < -0.3 is 38.6 Å². The average molecular weight is 697 g/mol. The van der Waals surface area contributed by atoms with E-state index in [0.29, 0.717) is 25.7 Å². The molecule has 0 amide bonds. The number of allylic oxidation sites excluding steroid dienone is 4. The van der Waals surface area contributed by atoms with Gasteiger partial charge in [0.15, 0.2) is 0 Å². The van der Waals surface area contributed by atoms with Crippen LogP contribution in [-0.2, 0) is 38.0 Å². The maximum absolute atomic E-state index is 13.7. The fraction of sp³-hybridized carbons (Fsp3) is 0.795. The van der Waals surface area contributed by atoms with Gasteiger partial charge in [0.2, 0.25) is 0 Å². The van der Waals surface area contributed by atoms with Gasteiger partial charge in [-0.2, -0.15) is 0 Å². The molecule has 10 nitrogen and oxygen atoms in total. The molecule has 0 aliphatic heterocycles. The summed E-state index contributed by atoms with van der Waals surface area (Å²) in [5, 5.41) is 22.4. The molecule has 0 spiro atoms. The zero-order chi connectivity index (χ0) is 37.3. The lowest BCUT2D eigenvalue weighted by molar-refractivity contribution is -0.148. The number of hydrogen-bond donors (Lipinski definition) is 2. The molecule has 12 unspecified atom stereocenters. The molecular formula is C39H68O10. The van der Waals surface area contributed by atoms with E-state index < -0.39 is 36.4 Å². The number of aliphatic hydroxyl groups is 2. The SMILES string of the molecule is C=CCC(/C=C(\C)CC(C)CC(OC)C(O)C(CC(C)C(=O)OC)OC)C(=O)CC(OC)C(C)C(O)/C(C)=C/C1CCC(OC)C(OC)C1. The number of rotatable bonds is 24. The lowest BCUT2D eigenvalue weighted by Crippen LogP contribution is -2.42. The highest BCUT2D eigenvalue weighted by Gasteiger charge is 2.34. The van der Waals surface area contributed by atoms with E-state index in [0.717, 1.165) is 30.4 Å². The summed E-state index contributed by atoms with van der Waals surface area (Å²) >= 11 is 0. The summed E-state index contributed by atoms with van der Waals surface area (Å²) in [6.45, 7) is 13.6. The van der Waals surface area contributed by atoms with E-state index in [4.69, 9.17) is 28.4 Å². The molecule has 0 radical (unpaired) electrons. The minimum atomic E-state index is -0.932. The smallest absolute Gasteiger partial charge is 0.308 e. The molecule has 284 valence electrons. The number of methoxy groups -OCH3 is 6. The number of carbonyl (C=O) groups excluding carboxylic acids is 2. The quantitative estimate of drug-likeness (QED) is 0.0933. The lowest BCUT2D eigenvalue weighted by atomic mass is 9.81. The first-order valence-electron chi connectivity index (χ1n) is 17.8. The van der Waals surface area contributed by atoms with E-state index in [-0.39, 0.29) is 54.1 Å². The third kappa shape index (κ3) is 14.7. The number of hydrogen-bond acceptors (Lipinski definition) is 10. The van der Waals surface area contributed by atoms with Gasteiger partial charge in [-0.15, -0.1) is 6.58 Å². The second-order valence-corrected chi connectivity index (χ2v) is 14.2. The van der Waals surface area contributed by atoms with Crippen molar-refractivity contribution < 1.29 is 48.2 Å². The van der Waals surface area contributed by atoms with E-state index in [2.05, 4.69) is 19.6 Å². The van der Waals surface area contributed by atoms with Gasteiger partial charge in [-0.1, -0.05) is 44.6 Å². The molecule has 0 heterocycles. The number of aliphatic hydroxyl groups excluding tert-OH is 2. The van der Waals surface area contributed by atoms with E-state index in [1.807, 2.05) is 26.8 Å². The Morgan fingerprint density at radius 1 is 0.837 bits per heavy atom. The van der Waals surface area contributed by atoms with Crippen molar-refractivity contribution in [3.63, 3.8) is 0 Å². The van der Waals surface area contributed by atoms with Gasteiger partial charge in [0.05, 0.1) is 49.7 Å². The van der Waals surface area contributed by atoms with Crippen LogP contribution in [0.4, 0.5) is 0 Å². The number of esters is 1. The second kappa shape index (κ2) is 23.5. The molecule has 0 aromatic rings. The van der Waals surface area contributed by atoms with Crippen LogP contribution in [0.2, 0.25) is 0 Å². The molecule has 0 saturated heterocycles. The number of carbonyl (C=O) groups is 2. The van der Waals surface area contributed by atoms with Gasteiger partial charge in [0.25, 0.3) is 0 Å². The zero-order valence-corrected chi connectivity index (χ0v) is 32.2. The van der Waals surface area contributed by atoms with Crippen molar-refractivity contribution in [1.82, 2.24) is 0 Å². The van der Waals surface area contributed by atoms with Crippen molar-refractivity contribution in [3.8, 4) is 0 Å². The van der Waals surface area contributed by atoms with Crippen molar-refractivity contribution >= 4 is 11.8 Å². The first kappa shape index (κ1) is 45.1. The van der Waals surface area contributed by atoms with Gasteiger partial charge in [-0.3, -0.25) is 9.59 Å². The van der Waals surface area contributed by atoms with Crippen LogP contribution < -0.4 is 0 Å². The van der Waals surface area contributed by atoms with Crippen LogP contribution in [0.1, 0.15) is 86.0 Å². The molecule has 0 aromatic heterocycles. The fourth-order valence-corrected chi connectivity index (χ4v) is 7.27. The predicted octanol–water partition coefficient (Wildman–Crippen LogP) is 5.88. The molecule has 1 aliphatic carbocycles. The Morgan fingerprint density at radius 2 is 1.43 bits per heavy atom. The number of Topliss-reactive ketones (excluding diaryl/α,β-unsaturated/α-hetero) is 1. The summed E-state index contributed by atoms with van der Waals surface area (Å²) in [6, 6.07) is 0. The highest BCUT2D eigenvalue weighted by molar-refractivity contribution is 5.83. The third-order valence-electron chi connectivity index (χ3n) is 10.3. The second-order valence-electron chi connectivity index (χ2n) is 14.2. The van der Waals surface area contributed by atoms with Gasteiger partial charge in [-0.05, 0) is 76.2 Å². The minimum Gasteiger partial charge on any atom is -0.469 e. The Kier molecular flexibility index (Phi) is 21.7. The zero-order valence-electron chi connectivity index (χ0n) is 32.2. The van der Waals surface area contributed by atoms with Gasteiger partial charge >= 0.3 is 5.97 Å². The maximum Gasteiger partial charge on any atom is 0.308 e. The van der Waals surface area contributed by atoms with Crippen molar-refractivity contribution in [2.45, 2.75) is 129 Å². The van der Waals surface area contributed by atoms with E-state index in [1.54, 1.807) is 41.4 Å². The Morgan fingerprint density at radius 3 is 1.96 bits per heavy atom. The lowest BCUT2D eigenvalue weighted by Gasteiger charge is -2.34. The van der Waals surface area contributed by atoms with Crippen LogP contribution in [0.5, 0.6) is 0 Å². The number of ketones is 1. The molecule has 2 N–H and O–H groups in total. The molecule has 1 aliphatic rings. The normalized spacial score (nSPS) is 24.6. The minimum absolute atomic E-state index is 0.0252. The van der Waals surface area contributed by atoms with Gasteiger partial charge in [0.1, 0.15) is 11.9 Å². The van der Waals surface area contributed by atoms with Crippen LogP contribution in [0, 0.1) is 29.6 Å². The number of ether oxygens (including phenoxy) is 6. The Bertz CT molecular complexity index is 1040. The molecule has 0 bridgehead atoms. The first-order valence-corrected chi connectivity index (χ1v) is 17.8. The summed E-state index contributed by atoms with van der Waals surface area (Å²) in [6.07, 6.45) is 7.73. The van der Waals surface area contributed by atoms with Crippen molar-refractivity contribution in [3.05, 3.63) is 36.0 Å². The molecular weight excluding hydrogens is 628 g/mol. The van der Waals surface area contributed by atoms with Gasteiger partial charge in [0, 0.05) is 53.8 Å². The summed E-state index contributed by atoms with van der Waals surface area (Å²) in [4.78, 5) is 25.6. The highest BCUT2D eigenvalue weighted by Crippen LogP contribution is 2.32. The van der Waals surface area contributed by atoms with Crippen LogP contribution >= 0.6 is 0 Å². The molecule has 0 aromatic carbocycles. The van der Waals surface area contributed by atoms with Crippen molar-refractivity contribution in [1.29, 1.82) is 0 Å². The molecule has 1 saturated carbocycles. The molecule has 49 heavy (non-hydrogen) atoms. The Labute approximate surface area is 296 Å². The van der Waals surface area contributed by atoms with Crippen molar-refractivity contribution in [2.75, 3.05) is 42.7 Å². The van der Waals surface area contributed by atoms with Gasteiger partial charge in [-0.25, -0.2) is 0 Å². The highest BCUT2D eigenvalue weighted by atomic mass is 16.5. The Hall–Kier alpha value is -1.92. The topological polar surface area (TPSA) is 130 Å². The molecule has 1 fully saturated rings. The van der Waals surface area contributed by atoms with E-state index >= 15 is 0 Å². The van der Waals surface area contributed by atoms with Crippen molar-refractivity contribution in [2.24, 2.45) is 29.6 Å². The summed E-state index contributed by atoms with van der Waals surface area (Å²) in [7, 11) is 9.43.